The molecule has 13 nitrogen and oxygen atoms in total. The molecule has 0 spiro atoms. The number of piperidine rings is 1. The second kappa shape index (κ2) is 13.3. The normalized spacial score (nSPS) is 21.1. The Bertz CT molecular complexity index is 1660. The van der Waals surface area contributed by atoms with Crippen LogP contribution < -0.4 is 10.6 Å². The number of hydrogen-bond donors (Lipinski definition) is 2. The number of esters is 1. The van der Waals surface area contributed by atoms with Crippen molar-refractivity contribution < 1.29 is 40.7 Å². The molecular weight excluding hydrogens is 667 g/mol. The Balaban J connectivity index is 1.67. The lowest BCUT2D eigenvalue weighted by atomic mass is 9.64. The van der Waals surface area contributed by atoms with E-state index in [1.807, 2.05) is 6.92 Å². The predicted molar refractivity (Wildman–Crippen MR) is 165 cm³/mol. The molecule has 0 radical (unpaired) electrons. The van der Waals surface area contributed by atoms with Crippen LogP contribution in [0.15, 0.2) is 6.20 Å². The molecule has 1 amide bonds. The first-order valence-electron chi connectivity index (χ1n) is 15.3. The maximum Gasteiger partial charge on any atom is 0.511 e. The van der Waals surface area contributed by atoms with E-state index in [1.54, 1.807) is 39.1 Å². The molecule has 2 aromatic heterocycles. The van der Waals surface area contributed by atoms with Crippen LogP contribution in [0.25, 0.3) is 5.52 Å². The van der Waals surface area contributed by atoms with Gasteiger partial charge >= 0.3 is 27.6 Å². The van der Waals surface area contributed by atoms with Crippen molar-refractivity contribution in [3.63, 3.8) is 0 Å². The number of rotatable bonds is 9. The SMILES string of the molecule is CCC1(c2c(C#N)c(Cl)c3cnc(N[C@H]4CCN(S(=O)(=O)C(F)(F)F)C[C@H]4OC(=O)[C@@H](NC(=O)OC(C)(C)C)C(C)C)nn23)CCC1. The van der Waals surface area contributed by atoms with Crippen LogP contribution in [0.3, 0.4) is 0 Å². The number of nitrogens with one attached hydrogen (secondary N) is 2. The van der Waals surface area contributed by atoms with E-state index in [4.69, 9.17) is 21.1 Å². The number of ether oxygens (including phenoxy) is 2. The zero-order valence-electron chi connectivity index (χ0n) is 26.9. The van der Waals surface area contributed by atoms with E-state index in [9.17, 15) is 36.4 Å². The lowest BCUT2D eigenvalue weighted by Crippen LogP contribution is -2.57. The number of anilines is 1. The number of hydrogen-bond acceptors (Lipinski definition) is 10. The highest BCUT2D eigenvalue weighted by molar-refractivity contribution is 7.90. The fraction of sp³-hybridized carbons (Fsp3) is 0.690. The van der Waals surface area contributed by atoms with E-state index >= 15 is 0 Å². The number of aromatic nitrogens is 3. The molecule has 3 atom stereocenters. The predicted octanol–water partition coefficient (Wildman–Crippen LogP) is 4.88. The molecule has 2 fully saturated rings. The van der Waals surface area contributed by atoms with Crippen LogP contribution in [-0.4, -0.2) is 81.8 Å². The molecule has 18 heteroatoms. The first-order valence-corrected chi connectivity index (χ1v) is 17.1. The summed E-state index contributed by atoms with van der Waals surface area (Å²) in [5.74, 6) is -1.54. The Morgan fingerprint density at radius 2 is 1.91 bits per heavy atom. The van der Waals surface area contributed by atoms with Crippen LogP contribution in [-0.2, 0) is 29.7 Å². The number of nitriles is 1. The molecule has 1 saturated heterocycles. The topological polar surface area (TPSA) is 168 Å². The van der Waals surface area contributed by atoms with Crippen LogP contribution in [0.5, 0.6) is 0 Å². The van der Waals surface area contributed by atoms with Crippen molar-refractivity contribution in [2.24, 2.45) is 5.92 Å². The number of sulfonamides is 1. The molecule has 47 heavy (non-hydrogen) atoms. The molecule has 0 unspecified atom stereocenters. The van der Waals surface area contributed by atoms with Crippen LogP contribution >= 0.6 is 11.6 Å². The third-order valence-electron chi connectivity index (χ3n) is 8.56. The zero-order valence-corrected chi connectivity index (χ0v) is 28.5. The lowest BCUT2D eigenvalue weighted by molar-refractivity contribution is -0.155. The van der Waals surface area contributed by atoms with Gasteiger partial charge in [0.25, 0.3) is 0 Å². The van der Waals surface area contributed by atoms with E-state index in [2.05, 4.69) is 26.8 Å². The van der Waals surface area contributed by atoms with E-state index in [1.165, 1.54) is 6.20 Å². The summed E-state index contributed by atoms with van der Waals surface area (Å²) in [7, 11) is -5.75. The van der Waals surface area contributed by atoms with Gasteiger partial charge in [-0.05, 0) is 52.4 Å². The van der Waals surface area contributed by atoms with Crippen molar-refractivity contribution >= 4 is 45.2 Å². The molecule has 2 aromatic rings. The molecule has 2 N–H and O–H groups in total. The Hall–Kier alpha value is -3.36. The van der Waals surface area contributed by atoms with Crippen molar-refractivity contribution in [3.05, 3.63) is 22.5 Å². The molecule has 0 bridgehead atoms. The fourth-order valence-electron chi connectivity index (χ4n) is 5.89. The first kappa shape index (κ1) is 36.5. The van der Waals surface area contributed by atoms with E-state index < -0.39 is 70.4 Å². The fourth-order valence-corrected chi connectivity index (χ4v) is 7.13. The van der Waals surface area contributed by atoms with Crippen molar-refractivity contribution in [3.8, 4) is 6.07 Å². The average molecular weight is 706 g/mol. The summed E-state index contributed by atoms with van der Waals surface area (Å²) in [4.78, 5) is 30.1. The Kier molecular flexibility index (Phi) is 10.3. The highest BCUT2D eigenvalue weighted by atomic mass is 35.5. The number of alkyl carbamates (subject to hydrolysis) is 1. The smallest absolute Gasteiger partial charge is 0.457 e. The molecule has 3 heterocycles. The van der Waals surface area contributed by atoms with Gasteiger partial charge in [0.1, 0.15) is 29.3 Å². The molecule has 4 rings (SSSR count). The number of carbonyl (C=O) groups is 2. The molecule has 1 saturated carbocycles. The highest BCUT2D eigenvalue weighted by Crippen LogP contribution is 2.49. The van der Waals surface area contributed by atoms with E-state index in [0.717, 1.165) is 25.7 Å². The van der Waals surface area contributed by atoms with Gasteiger partial charge in [0.05, 0.1) is 35.1 Å². The summed E-state index contributed by atoms with van der Waals surface area (Å²) >= 11 is 6.56. The van der Waals surface area contributed by atoms with Crippen LogP contribution in [0.1, 0.15) is 84.9 Å². The lowest BCUT2D eigenvalue weighted by Gasteiger charge is -2.41. The Morgan fingerprint density at radius 3 is 2.43 bits per heavy atom. The number of amides is 1. The third-order valence-corrected chi connectivity index (χ3v) is 10.5. The van der Waals surface area contributed by atoms with E-state index in [-0.39, 0.29) is 32.7 Å². The molecule has 1 aliphatic heterocycles. The van der Waals surface area contributed by atoms with Crippen LogP contribution in [0.2, 0.25) is 5.02 Å². The van der Waals surface area contributed by atoms with Gasteiger partial charge in [-0.3, -0.25) is 0 Å². The van der Waals surface area contributed by atoms with Gasteiger partial charge in [-0.25, -0.2) is 27.5 Å². The maximum atomic E-state index is 13.5. The maximum absolute atomic E-state index is 13.5. The van der Waals surface area contributed by atoms with Crippen LogP contribution in [0, 0.1) is 17.2 Å². The quantitative estimate of drug-likeness (QED) is 0.343. The summed E-state index contributed by atoms with van der Waals surface area (Å²) in [5, 5.41) is 20.1. The van der Waals surface area contributed by atoms with Gasteiger partial charge in [0.2, 0.25) is 5.95 Å². The van der Waals surface area contributed by atoms with Gasteiger partial charge in [0.15, 0.2) is 0 Å². The standard InChI is InChI=1S/C29H39ClF3N7O6S/c1-7-28(10-8-11-28)23-17(13-34)21(30)19-14-35-25(38-40(19)23)36-18-9-12-39(47(43,44)29(31,32)33)15-20(18)45-24(41)22(16(2)3)37-26(42)46-27(4,5)6/h14,16,18,20,22H,7-12,15H2,1-6H3,(H,36,38)(H,37,42)/t18-,20+,22-/m0/s1. The minimum Gasteiger partial charge on any atom is -0.457 e. The van der Waals surface area contributed by atoms with Gasteiger partial charge in [0, 0.05) is 12.0 Å². The van der Waals surface area contributed by atoms with Gasteiger partial charge in [-0.15, -0.1) is 5.10 Å². The number of nitrogens with zero attached hydrogens (tertiary/aromatic N) is 5. The largest absolute Gasteiger partial charge is 0.511 e. The molecule has 260 valence electrons. The Labute approximate surface area is 276 Å². The molecule has 1 aliphatic carbocycles. The molecule has 0 aromatic carbocycles. The number of halogens is 4. The van der Waals surface area contributed by atoms with Crippen molar-refractivity contribution in [1.82, 2.24) is 24.2 Å². The van der Waals surface area contributed by atoms with E-state index in [0.29, 0.717) is 11.2 Å². The zero-order chi connectivity index (χ0) is 35.1. The third kappa shape index (κ3) is 7.39. The summed E-state index contributed by atoms with van der Waals surface area (Å²) in [6.07, 6.45) is 2.17. The summed E-state index contributed by atoms with van der Waals surface area (Å²) in [6.45, 7) is 8.75. The number of carbonyl (C=O) groups excluding carboxylic acids is 2. The van der Waals surface area contributed by atoms with Gasteiger partial charge in [-0.1, -0.05) is 38.8 Å². The summed E-state index contributed by atoms with van der Waals surface area (Å²) in [6, 6.07) is -0.0384. The second-order valence-electron chi connectivity index (χ2n) is 13.2. The van der Waals surface area contributed by atoms with Crippen molar-refractivity contribution in [2.75, 3.05) is 18.4 Å². The Morgan fingerprint density at radius 1 is 1.26 bits per heavy atom. The highest BCUT2D eigenvalue weighted by Gasteiger charge is 2.52. The van der Waals surface area contributed by atoms with Crippen molar-refractivity contribution in [1.29, 1.82) is 5.26 Å². The van der Waals surface area contributed by atoms with Gasteiger partial charge in [-0.2, -0.15) is 22.7 Å². The van der Waals surface area contributed by atoms with Crippen molar-refractivity contribution in [2.45, 2.75) is 108 Å². The molecular formula is C29H39ClF3N7O6S. The summed E-state index contributed by atoms with van der Waals surface area (Å²) in [5.41, 5.74) is -5.46. The van der Waals surface area contributed by atoms with Gasteiger partial charge < -0.3 is 20.1 Å². The summed E-state index contributed by atoms with van der Waals surface area (Å²) < 4.78 is 77.8. The number of fused-ring (bicyclic) bond motifs is 1. The monoisotopic (exact) mass is 705 g/mol. The van der Waals surface area contributed by atoms with Crippen LogP contribution in [0.4, 0.5) is 23.9 Å². The second-order valence-corrected chi connectivity index (χ2v) is 15.5. The average Bonchev–Trinajstić information content (AvgIpc) is 3.21. The minimum absolute atomic E-state index is 0.00838. The molecule has 2 aliphatic rings. The first-order chi connectivity index (χ1) is 21.7. The minimum atomic E-state index is -5.75. The number of alkyl halides is 3.